The zero-order valence-corrected chi connectivity index (χ0v) is 9.67. The number of nitrogens with one attached hydrogen (secondary N) is 1. The summed E-state index contributed by atoms with van der Waals surface area (Å²) < 4.78 is 0. The fourth-order valence-electron chi connectivity index (χ4n) is 1.80. The number of allylic oxidation sites excluding steroid dienone is 1. The van der Waals surface area contributed by atoms with Gasteiger partial charge in [-0.1, -0.05) is 12.2 Å². The fraction of sp³-hybridized carbons (Fsp3) is 0.750. The zero-order valence-electron chi connectivity index (χ0n) is 9.67. The smallest absolute Gasteiger partial charge is 0.236 e. The molecule has 0 radical (unpaired) electrons. The average Bonchev–Trinajstić information content (AvgIpc) is 2.30. The lowest BCUT2D eigenvalue weighted by atomic mass is 10.1. The number of rotatable bonds is 5. The summed E-state index contributed by atoms with van der Waals surface area (Å²) in [6.07, 6.45) is 8.77. The molecule has 1 aliphatic rings. The van der Waals surface area contributed by atoms with Gasteiger partial charge < -0.3 is 10.2 Å². The Kier molecular flexibility index (Phi) is 6.09. The molecule has 0 aliphatic carbocycles. The molecule has 1 aliphatic heterocycles. The number of likely N-dealkylation sites (tertiary alicyclic amines) is 1. The lowest BCUT2D eigenvalue weighted by Crippen LogP contribution is -2.41. The molecule has 1 heterocycles. The fourth-order valence-corrected chi connectivity index (χ4v) is 1.80. The molecule has 3 nitrogen and oxygen atoms in total. The van der Waals surface area contributed by atoms with Gasteiger partial charge in [0, 0.05) is 13.1 Å². The largest absolute Gasteiger partial charge is 0.342 e. The highest BCUT2D eigenvalue weighted by atomic mass is 16.2. The second kappa shape index (κ2) is 7.46. The van der Waals surface area contributed by atoms with Crippen LogP contribution in [0.3, 0.4) is 0 Å². The minimum absolute atomic E-state index is 0.259. The van der Waals surface area contributed by atoms with Gasteiger partial charge in [0.05, 0.1) is 6.54 Å². The van der Waals surface area contributed by atoms with Crippen molar-refractivity contribution in [3.63, 3.8) is 0 Å². The highest BCUT2D eigenvalue weighted by Crippen LogP contribution is 2.07. The first-order chi connectivity index (χ1) is 7.34. The van der Waals surface area contributed by atoms with Crippen molar-refractivity contribution in [2.45, 2.75) is 32.6 Å². The Bertz CT molecular complexity index is 208. The van der Waals surface area contributed by atoms with Crippen molar-refractivity contribution in [3.05, 3.63) is 12.2 Å². The van der Waals surface area contributed by atoms with Crippen molar-refractivity contribution < 1.29 is 4.79 Å². The number of amides is 1. The Balaban J connectivity index is 2.06. The van der Waals surface area contributed by atoms with Crippen LogP contribution < -0.4 is 5.32 Å². The Morgan fingerprint density at radius 1 is 1.33 bits per heavy atom. The maximum Gasteiger partial charge on any atom is 0.236 e. The van der Waals surface area contributed by atoms with Crippen LogP contribution in [0.5, 0.6) is 0 Å². The minimum Gasteiger partial charge on any atom is -0.342 e. The number of nitrogens with zero attached hydrogens (tertiary/aromatic N) is 1. The van der Waals surface area contributed by atoms with Crippen LogP contribution >= 0.6 is 0 Å². The first-order valence-electron chi connectivity index (χ1n) is 5.94. The molecule has 0 unspecified atom stereocenters. The molecule has 0 atom stereocenters. The lowest BCUT2D eigenvalue weighted by molar-refractivity contribution is -0.131. The molecule has 3 heteroatoms. The highest BCUT2D eigenvalue weighted by Gasteiger charge is 2.15. The molecule has 0 aromatic rings. The van der Waals surface area contributed by atoms with Gasteiger partial charge in [0.25, 0.3) is 0 Å². The molecule has 0 aromatic carbocycles. The van der Waals surface area contributed by atoms with Crippen LogP contribution in [0.4, 0.5) is 0 Å². The van der Waals surface area contributed by atoms with E-state index in [2.05, 4.69) is 11.4 Å². The Hall–Kier alpha value is -0.830. The highest BCUT2D eigenvalue weighted by molar-refractivity contribution is 5.78. The van der Waals surface area contributed by atoms with E-state index in [0.29, 0.717) is 6.54 Å². The first-order valence-corrected chi connectivity index (χ1v) is 5.94. The molecule has 1 amide bonds. The summed E-state index contributed by atoms with van der Waals surface area (Å²) in [5, 5.41) is 3.17. The molecule has 86 valence electrons. The van der Waals surface area contributed by atoms with Crippen LogP contribution in [0.1, 0.15) is 32.6 Å². The summed E-state index contributed by atoms with van der Waals surface area (Å²) in [4.78, 5) is 13.7. The van der Waals surface area contributed by atoms with Crippen LogP contribution in [0.2, 0.25) is 0 Å². The monoisotopic (exact) mass is 210 g/mol. The van der Waals surface area contributed by atoms with Gasteiger partial charge in [-0.3, -0.25) is 4.79 Å². The van der Waals surface area contributed by atoms with E-state index in [4.69, 9.17) is 0 Å². The van der Waals surface area contributed by atoms with Crippen LogP contribution in [-0.4, -0.2) is 37.0 Å². The van der Waals surface area contributed by atoms with Crippen molar-refractivity contribution in [2.75, 3.05) is 26.2 Å². The Morgan fingerprint density at radius 2 is 2.07 bits per heavy atom. The number of hydrogen-bond acceptors (Lipinski definition) is 2. The number of hydrogen-bond donors (Lipinski definition) is 1. The standard InChI is InChI=1S/C12H22N2O/c1-2-3-5-8-13-11-12(15)14-9-6-4-7-10-14/h2-3,13H,4-11H2,1H3/b3-2+. The minimum atomic E-state index is 0.259. The Morgan fingerprint density at radius 3 is 2.73 bits per heavy atom. The molecule has 0 bridgehead atoms. The molecule has 0 aromatic heterocycles. The molecule has 15 heavy (non-hydrogen) atoms. The maximum atomic E-state index is 11.7. The number of carbonyl (C=O) groups is 1. The van der Waals surface area contributed by atoms with Crippen molar-refractivity contribution >= 4 is 5.91 Å². The summed E-state index contributed by atoms with van der Waals surface area (Å²) in [5.74, 6) is 0.259. The van der Waals surface area contributed by atoms with Crippen LogP contribution in [0, 0.1) is 0 Å². The van der Waals surface area contributed by atoms with Gasteiger partial charge in [-0.15, -0.1) is 0 Å². The van der Waals surface area contributed by atoms with Gasteiger partial charge in [0.15, 0.2) is 0 Å². The quantitative estimate of drug-likeness (QED) is 0.551. The molecule has 0 spiro atoms. The van der Waals surface area contributed by atoms with Crippen molar-refractivity contribution in [3.8, 4) is 0 Å². The third-order valence-corrected chi connectivity index (χ3v) is 2.71. The van der Waals surface area contributed by atoms with Gasteiger partial charge in [-0.05, 0) is 39.2 Å². The summed E-state index contributed by atoms with van der Waals surface area (Å²) in [7, 11) is 0. The van der Waals surface area contributed by atoms with Crippen molar-refractivity contribution in [2.24, 2.45) is 0 Å². The second-order valence-corrected chi connectivity index (χ2v) is 3.98. The van der Waals surface area contributed by atoms with E-state index < -0.39 is 0 Å². The Labute approximate surface area is 92.5 Å². The van der Waals surface area contributed by atoms with E-state index in [1.807, 2.05) is 17.9 Å². The van der Waals surface area contributed by atoms with Gasteiger partial charge in [-0.25, -0.2) is 0 Å². The first kappa shape index (κ1) is 12.2. The van der Waals surface area contributed by atoms with Crippen LogP contribution in [-0.2, 0) is 4.79 Å². The molecule has 1 fully saturated rings. The van der Waals surface area contributed by atoms with Crippen LogP contribution in [0.25, 0.3) is 0 Å². The number of piperidine rings is 1. The van der Waals surface area contributed by atoms with Gasteiger partial charge in [-0.2, -0.15) is 0 Å². The lowest BCUT2D eigenvalue weighted by Gasteiger charge is -2.26. The van der Waals surface area contributed by atoms with Gasteiger partial charge in [0.1, 0.15) is 0 Å². The SMILES string of the molecule is C/C=C/CCNCC(=O)N1CCCCC1. The molecular formula is C12H22N2O. The third kappa shape index (κ3) is 4.98. The van der Waals surface area contributed by atoms with E-state index >= 15 is 0 Å². The summed E-state index contributed by atoms with van der Waals surface area (Å²) in [5.41, 5.74) is 0. The molecule has 1 rings (SSSR count). The topological polar surface area (TPSA) is 32.3 Å². The van der Waals surface area contributed by atoms with Crippen molar-refractivity contribution in [1.29, 1.82) is 0 Å². The van der Waals surface area contributed by atoms with E-state index in [0.717, 1.165) is 26.1 Å². The van der Waals surface area contributed by atoms with E-state index in [-0.39, 0.29) is 5.91 Å². The molecule has 1 saturated heterocycles. The predicted octanol–water partition coefficient (Wildman–Crippen LogP) is 1.55. The average molecular weight is 210 g/mol. The second-order valence-electron chi connectivity index (χ2n) is 3.98. The predicted molar refractivity (Wildman–Crippen MR) is 62.7 cm³/mol. The third-order valence-electron chi connectivity index (χ3n) is 2.71. The number of carbonyl (C=O) groups excluding carboxylic acids is 1. The van der Waals surface area contributed by atoms with E-state index in [9.17, 15) is 4.79 Å². The van der Waals surface area contributed by atoms with Crippen molar-refractivity contribution in [1.82, 2.24) is 10.2 Å². The van der Waals surface area contributed by atoms with Gasteiger partial charge in [0.2, 0.25) is 5.91 Å². The van der Waals surface area contributed by atoms with E-state index in [1.54, 1.807) is 0 Å². The zero-order chi connectivity index (χ0) is 10.9. The summed E-state index contributed by atoms with van der Waals surface area (Å²) in [6.45, 7) is 5.31. The maximum absolute atomic E-state index is 11.7. The normalized spacial score (nSPS) is 17.3. The summed E-state index contributed by atoms with van der Waals surface area (Å²) in [6, 6.07) is 0. The van der Waals surface area contributed by atoms with E-state index in [1.165, 1.54) is 19.3 Å². The summed E-state index contributed by atoms with van der Waals surface area (Å²) >= 11 is 0. The molecule has 1 N–H and O–H groups in total. The molecule has 0 saturated carbocycles. The van der Waals surface area contributed by atoms with Crippen LogP contribution in [0.15, 0.2) is 12.2 Å². The molecular weight excluding hydrogens is 188 g/mol. The van der Waals surface area contributed by atoms with Gasteiger partial charge >= 0.3 is 0 Å².